The summed E-state index contributed by atoms with van der Waals surface area (Å²) in [4.78, 5) is 38.0. The standard InChI is InChI=1S/C21H22N4O4S/c1-29-16-8-6-14(7-9-16)23-21(28)18-10-11-20(27)25(24-18)13-19(26)22-15-4-3-5-17(12-15)30-2/h3-9,12H,10-11,13H2,1-2H3,(H,22,26)(H,23,28). The molecule has 2 aromatic carbocycles. The normalized spacial score (nSPS) is 13.5. The van der Waals surface area contributed by atoms with Crippen molar-refractivity contribution in [2.75, 3.05) is 30.5 Å². The van der Waals surface area contributed by atoms with Crippen LogP contribution in [0.4, 0.5) is 11.4 Å². The number of anilines is 2. The Hall–Kier alpha value is -3.33. The first-order valence-corrected chi connectivity index (χ1v) is 10.5. The summed E-state index contributed by atoms with van der Waals surface area (Å²) >= 11 is 1.56. The Balaban J connectivity index is 1.63. The Bertz CT molecular complexity index is 975. The lowest BCUT2D eigenvalue weighted by molar-refractivity contribution is -0.135. The van der Waals surface area contributed by atoms with Crippen molar-refractivity contribution in [3.05, 3.63) is 48.5 Å². The second kappa shape index (κ2) is 9.93. The molecule has 3 rings (SSSR count). The molecule has 156 valence electrons. The number of methoxy groups -OCH3 is 1. The SMILES string of the molecule is COc1ccc(NC(=O)C2=NN(CC(=O)Nc3cccc(SC)c3)C(=O)CC2)cc1. The van der Waals surface area contributed by atoms with Gasteiger partial charge in [-0.1, -0.05) is 6.07 Å². The Morgan fingerprint density at radius 3 is 2.57 bits per heavy atom. The van der Waals surface area contributed by atoms with Gasteiger partial charge in [0.2, 0.25) is 11.8 Å². The lowest BCUT2D eigenvalue weighted by Gasteiger charge is -2.22. The Morgan fingerprint density at radius 2 is 1.87 bits per heavy atom. The molecular weight excluding hydrogens is 404 g/mol. The zero-order valence-electron chi connectivity index (χ0n) is 16.7. The minimum Gasteiger partial charge on any atom is -0.497 e. The summed E-state index contributed by atoms with van der Waals surface area (Å²) in [6.07, 6.45) is 2.28. The van der Waals surface area contributed by atoms with E-state index in [1.54, 1.807) is 49.2 Å². The molecule has 1 aliphatic heterocycles. The van der Waals surface area contributed by atoms with Crippen molar-refractivity contribution < 1.29 is 19.1 Å². The maximum Gasteiger partial charge on any atom is 0.271 e. The topological polar surface area (TPSA) is 100 Å². The smallest absolute Gasteiger partial charge is 0.271 e. The van der Waals surface area contributed by atoms with Gasteiger partial charge in [-0.3, -0.25) is 14.4 Å². The van der Waals surface area contributed by atoms with Crippen LogP contribution in [0, 0.1) is 0 Å². The number of hydrazone groups is 1. The van der Waals surface area contributed by atoms with Crippen LogP contribution in [0.2, 0.25) is 0 Å². The van der Waals surface area contributed by atoms with Crippen molar-refractivity contribution in [1.82, 2.24) is 5.01 Å². The van der Waals surface area contributed by atoms with Gasteiger partial charge in [0.15, 0.2) is 0 Å². The third-order valence-corrected chi connectivity index (χ3v) is 5.09. The predicted molar refractivity (Wildman–Crippen MR) is 117 cm³/mol. The summed E-state index contributed by atoms with van der Waals surface area (Å²) in [5.41, 5.74) is 1.42. The first kappa shape index (κ1) is 21.4. The highest BCUT2D eigenvalue weighted by molar-refractivity contribution is 7.98. The molecule has 1 aliphatic rings. The second-order valence-electron chi connectivity index (χ2n) is 6.46. The van der Waals surface area contributed by atoms with E-state index in [1.165, 1.54) is 0 Å². The fourth-order valence-corrected chi connectivity index (χ4v) is 3.26. The van der Waals surface area contributed by atoms with Crippen LogP contribution in [0.1, 0.15) is 12.8 Å². The molecule has 8 nitrogen and oxygen atoms in total. The van der Waals surface area contributed by atoms with E-state index in [9.17, 15) is 14.4 Å². The van der Waals surface area contributed by atoms with Crippen LogP contribution in [-0.2, 0) is 14.4 Å². The van der Waals surface area contributed by atoms with Gasteiger partial charge in [-0.05, 0) is 48.7 Å². The molecule has 9 heteroatoms. The molecular formula is C21H22N4O4S. The van der Waals surface area contributed by atoms with E-state index in [0.29, 0.717) is 17.1 Å². The van der Waals surface area contributed by atoms with E-state index < -0.39 is 5.91 Å². The van der Waals surface area contributed by atoms with Crippen molar-refractivity contribution in [3.63, 3.8) is 0 Å². The van der Waals surface area contributed by atoms with Crippen molar-refractivity contribution in [1.29, 1.82) is 0 Å². The van der Waals surface area contributed by atoms with Crippen LogP contribution >= 0.6 is 11.8 Å². The summed E-state index contributed by atoms with van der Waals surface area (Å²) in [7, 11) is 1.56. The molecule has 3 amide bonds. The first-order chi connectivity index (χ1) is 14.5. The van der Waals surface area contributed by atoms with Crippen LogP contribution in [-0.4, -0.2) is 48.4 Å². The van der Waals surface area contributed by atoms with Gasteiger partial charge in [0.05, 0.1) is 7.11 Å². The summed E-state index contributed by atoms with van der Waals surface area (Å²) in [6, 6.07) is 14.3. The summed E-state index contributed by atoms with van der Waals surface area (Å²) in [6.45, 7) is -0.262. The molecule has 2 aromatic rings. The number of ether oxygens (including phenoxy) is 1. The summed E-state index contributed by atoms with van der Waals surface area (Å²) in [5, 5.41) is 10.6. The third kappa shape index (κ3) is 5.60. The number of benzene rings is 2. The van der Waals surface area contributed by atoms with E-state index >= 15 is 0 Å². The largest absolute Gasteiger partial charge is 0.497 e. The van der Waals surface area contributed by atoms with Crippen molar-refractivity contribution in [2.45, 2.75) is 17.7 Å². The lowest BCUT2D eigenvalue weighted by Crippen LogP contribution is -2.40. The molecule has 0 saturated heterocycles. The molecule has 0 aromatic heterocycles. The van der Waals surface area contributed by atoms with Gasteiger partial charge in [-0.15, -0.1) is 11.8 Å². The molecule has 30 heavy (non-hydrogen) atoms. The molecule has 1 heterocycles. The predicted octanol–water partition coefficient (Wildman–Crippen LogP) is 2.97. The van der Waals surface area contributed by atoms with E-state index in [2.05, 4.69) is 15.7 Å². The number of hydrogen-bond donors (Lipinski definition) is 2. The quantitative estimate of drug-likeness (QED) is 0.663. The molecule has 0 bridgehead atoms. The van der Waals surface area contributed by atoms with Crippen molar-refractivity contribution >= 4 is 46.6 Å². The van der Waals surface area contributed by atoms with Gasteiger partial charge < -0.3 is 15.4 Å². The monoisotopic (exact) mass is 426 g/mol. The number of amides is 3. The number of nitrogens with zero attached hydrogens (tertiary/aromatic N) is 2. The van der Waals surface area contributed by atoms with Crippen molar-refractivity contribution in [3.8, 4) is 5.75 Å². The maximum absolute atomic E-state index is 12.5. The molecule has 0 spiro atoms. The summed E-state index contributed by atoms with van der Waals surface area (Å²) in [5.74, 6) is -0.425. The molecule has 0 saturated carbocycles. The minimum absolute atomic E-state index is 0.115. The van der Waals surface area contributed by atoms with Gasteiger partial charge in [0, 0.05) is 29.1 Å². The van der Waals surface area contributed by atoms with Gasteiger partial charge in [0.1, 0.15) is 18.0 Å². The van der Waals surface area contributed by atoms with E-state index in [0.717, 1.165) is 9.90 Å². The Kier molecular flexibility index (Phi) is 7.08. The van der Waals surface area contributed by atoms with Crippen LogP contribution < -0.4 is 15.4 Å². The number of carbonyl (C=O) groups excluding carboxylic acids is 3. The minimum atomic E-state index is -0.411. The number of carbonyl (C=O) groups is 3. The highest BCUT2D eigenvalue weighted by Gasteiger charge is 2.26. The Labute approximate surface area is 178 Å². The molecule has 0 fully saturated rings. The Morgan fingerprint density at radius 1 is 1.10 bits per heavy atom. The molecule has 0 atom stereocenters. The van der Waals surface area contributed by atoms with Crippen LogP contribution in [0.25, 0.3) is 0 Å². The van der Waals surface area contributed by atoms with Crippen LogP contribution in [0.5, 0.6) is 5.75 Å². The fourth-order valence-electron chi connectivity index (χ4n) is 2.80. The van der Waals surface area contributed by atoms with Crippen molar-refractivity contribution in [2.24, 2.45) is 5.10 Å². The number of nitrogens with one attached hydrogen (secondary N) is 2. The van der Waals surface area contributed by atoms with Gasteiger partial charge in [-0.2, -0.15) is 5.10 Å². The first-order valence-electron chi connectivity index (χ1n) is 9.25. The maximum atomic E-state index is 12.5. The zero-order valence-corrected chi connectivity index (χ0v) is 17.5. The fraction of sp³-hybridized carbons (Fsp3) is 0.238. The molecule has 0 aliphatic carbocycles. The number of thioether (sulfide) groups is 1. The average molecular weight is 426 g/mol. The molecule has 2 N–H and O–H groups in total. The number of hydrogen-bond acceptors (Lipinski definition) is 6. The average Bonchev–Trinajstić information content (AvgIpc) is 2.75. The summed E-state index contributed by atoms with van der Waals surface area (Å²) < 4.78 is 5.09. The van der Waals surface area contributed by atoms with Gasteiger partial charge in [0.25, 0.3) is 5.91 Å². The van der Waals surface area contributed by atoms with E-state index in [4.69, 9.17) is 4.74 Å². The second-order valence-corrected chi connectivity index (χ2v) is 7.34. The van der Waals surface area contributed by atoms with Gasteiger partial charge >= 0.3 is 0 Å². The van der Waals surface area contributed by atoms with Crippen LogP contribution in [0.3, 0.4) is 0 Å². The molecule has 0 radical (unpaired) electrons. The third-order valence-electron chi connectivity index (χ3n) is 4.36. The van der Waals surface area contributed by atoms with Crippen LogP contribution in [0.15, 0.2) is 58.5 Å². The lowest BCUT2D eigenvalue weighted by atomic mass is 10.1. The number of rotatable bonds is 7. The highest BCUT2D eigenvalue weighted by atomic mass is 32.2. The van der Waals surface area contributed by atoms with E-state index in [-0.39, 0.29) is 36.9 Å². The molecule has 0 unspecified atom stereocenters. The highest BCUT2D eigenvalue weighted by Crippen LogP contribution is 2.19. The zero-order chi connectivity index (χ0) is 21.5. The van der Waals surface area contributed by atoms with Gasteiger partial charge in [-0.25, -0.2) is 5.01 Å². The van der Waals surface area contributed by atoms with E-state index in [1.807, 2.05) is 24.5 Å².